The molecule has 0 heteroatoms. The van der Waals surface area contributed by atoms with Crippen molar-refractivity contribution in [3.63, 3.8) is 0 Å². The van der Waals surface area contributed by atoms with E-state index < -0.39 is 0 Å². The largest absolute Gasteiger partial charge is 0.0911 e. The van der Waals surface area contributed by atoms with Crippen molar-refractivity contribution in [2.24, 2.45) is 0 Å². The number of hydrogen-bond acceptors (Lipinski definition) is 0. The minimum absolute atomic E-state index is 0.990. The zero-order valence-corrected chi connectivity index (χ0v) is 25.4. The van der Waals surface area contributed by atoms with E-state index in [1.54, 1.807) is 0 Å². The van der Waals surface area contributed by atoms with E-state index in [0.29, 0.717) is 0 Å². The summed E-state index contributed by atoms with van der Waals surface area (Å²) in [5.41, 5.74) is 15.3. The van der Waals surface area contributed by atoms with Crippen molar-refractivity contribution in [2.75, 3.05) is 0 Å². The van der Waals surface area contributed by atoms with Gasteiger partial charge in [-0.15, -0.1) is 0 Å². The standard InChI is InChI=1S/C44H36/c1-32(24-33(2)39-26-41(35-16-8-4-9-17-35)30-42(27-39)36-18-10-5-11-19-36)25-34(3)40-28-43(37-20-12-6-13-21-37)31-44(29-40)38-22-14-7-15-23-38/h4-31H,2H2,1,3H3/b32-24-,34-25+. The maximum atomic E-state index is 4.52. The summed E-state index contributed by atoms with van der Waals surface area (Å²) in [6, 6.07) is 56.0. The van der Waals surface area contributed by atoms with E-state index in [0.717, 1.165) is 16.7 Å². The Hall–Kier alpha value is -5.46. The predicted molar refractivity (Wildman–Crippen MR) is 191 cm³/mol. The van der Waals surface area contributed by atoms with Gasteiger partial charge in [0.15, 0.2) is 0 Å². The second-order valence-corrected chi connectivity index (χ2v) is 11.3. The van der Waals surface area contributed by atoms with Gasteiger partial charge in [-0.3, -0.25) is 0 Å². The Labute approximate surface area is 262 Å². The van der Waals surface area contributed by atoms with Crippen molar-refractivity contribution < 1.29 is 0 Å². The molecule has 0 aliphatic rings. The van der Waals surface area contributed by atoms with E-state index >= 15 is 0 Å². The highest BCUT2D eigenvalue weighted by Crippen LogP contribution is 2.33. The summed E-state index contributed by atoms with van der Waals surface area (Å²) in [6.45, 7) is 8.87. The van der Waals surface area contributed by atoms with Gasteiger partial charge in [0.1, 0.15) is 0 Å². The Balaban J connectivity index is 1.36. The molecule has 0 unspecified atom stereocenters. The molecule has 0 aliphatic carbocycles. The van der Waals surface area contributed by atoms with E-state index in [-0.39, 0.29) is 0 Å². The summed E-state index contributed by atoms with van der Waals surface area (Å²) in [7, 11) is 0. The van der Waals surface area contributed by atoms with E-state index in [4.69, 9.17) is 0 Å². The van der Waals surface area contributed by atoms with Crippen LogP contribution in [0, 0.1) is 0 Å². The molecule has 6 rings (SSSR count). The van der Waals surface area contributed by atoms with Gasteiger partial charge in [-0.05, 0) is 117 Å². The van der Waals surface area contributed by atoms with Gasteiger partial charge < -0.3 is 0 Å². The van der Waals surface area contributed by atoms with Crippen molar-refractivity contribution in [2.45, 2.75) is 13.8 Å². The van der Waals surface area contributed by atoms with Crippen LogP contribution in [0.3, 0.4) is 0 Å². The van der Waals surface area contributed by atoms with E-state index in [1.807, 2.05) is 0 Å². The monoisotopic (exact) mass is 564 g/mol. The normalized spacial score (nSPS) is 11.8. The van der Waals surface area contributed by atoms with Gasteiger partial charge >= 0.3 is 0 Å². The van der Waals surface area contributed by atoms with Crippen LogP contribution in [-0.4, -0.2) is 0 Å². The molecule has 0 atom stereocenters. The average molecular weight is 565 g/mol. The Bertz CT molecular complexity index is 1830. The molecule has 0 bridgehead atoms. The third-order valence-corrected chi connectivity index (χ3v) is 7.97. The molecule has 212 valence electrons. The molecular formula is C44H36. The van der Waals surface area contributed by atoms with E-state index in [9.17, 15) is 0 Å². The molecule has 0 aliphatic heterocycles. The van der Waals surface area contributed by atoms with Crippen molar-refractivity contribution in [1.29, 1.82) is 0 Å². The van der Waals surface area contributed by atoms with Gasteiger partial charge in [0.2, 0.25) is 0 Å². The predicted octanol–water partition coefficient (Wildman–Crippen LogP) is 12.4. The average Bonchev–Trinajstić information content (AvgIpc) is 3.09. The molecule has 0 saturated heterocycles. The lowest BCUT2D eigenvalue weighted by Crippen LogP contribution is -1.89. The molecule has 0 spiro atoms. The van der Waals surface area contributed by atoms with Crippen LogP contribution in [0.1, 0.15) is 25.0 Å². The second kappa shape index (κ2) is 13.2. The first kappa shape index (κ1) is 28.6. The van der Waals surface area contributed by atoms with Gasteiger partial charge in [0, 0.05) is 0 Å². The lowest BCUT2D eigenvalue weighted by molar-refractivity contribution is 1.47. The molecule has 0 heterocycles. The Morgan fingerprint density at radius 3 is 1.05 bits per heavy atom. The van der Waals surface area contributed by atoms with Gasteiger partial charge in [-0.2, -0.15) is 0 Å². The van der Waals surface area contributed by atoms with Crippen molar-refractivity contribution in [3.8, 4) is 44.5 Å². The highest BCUT2D eigenvalue weighted by Gasteiger charge is 2.09. The maximum absolute atomic E-state index is 4.52. The van der Waals surface area contributed by atoms with Gasteiger partial charge in [0.05, 0.1) is 0 Å². The molecule has 44 heavy (non-hydrogen) atoms. The third-order valence-electron chi connectivity index (χ3n) is 7.97. The van der Waals surface area contributed by atoms with E-state index in [2.05, 4.69) is 190 Å². The molecule has 0 nitrogen and oxygen atoms in total. The van der Waals surface area contributed by atoms with Gasteiger partial charge in [-0.1, -0.05) is 146 Å². The number of rotatable bonds is 8. The van der Waals surface area contributed by atoms with Crippen LogP contribution in [0.4, 0.5) is 0 Å². The first-order valence-corrected chi connectivity index (χ1v) is 15.1. The van der Waals surface area contributed by atoms with Crippen LogP contribution in [0.2, 0.25) is 0 Å². The van der Waals surface area contributed by atoms with Crippen LogP contribution >= 0.6 is 0 Å². The summed E-state index contributed by atoms with van der Waals surface area (Å²) >= 11 is 0. The van der Waals surface area contributed by atoms with Crippen LogP contribution in [0.5, 0.6) is 0 Å². The van der Waals surface area contributed by atoms with Crippen molar-refractivity contribution in [1.82, 2.24) is 0 Å². The number of allylic oxidation sites excluding steroid dienone is 5. The molecule has 0 fully saturated rings. The third kappa shape index (κ3) is 6.77. The fourth-order valence-electron chi connectivity index (χ4n) is 5.68. The lowest BCUT2D eigenvalue weighted by atomic mass is 9.92. The molecule has 0 N–H and O–H groups in total. The number of hydrogen-bond donors (Lipinski definition) is 0. The summed E-state index contributed by atoms with van der Waals surface area (Å²) in [5, 5.41) is 0. The summed E-state index contributed by atoms with van der Waals surface area (Å²) in [4.78, 5) is 0. The minimum atomic E-state index is 0.990. The molecule has 6 aromatic carbocycles. The first-order valence-electron chi connectivity index (χ1n) is 15.1. The molecule has 0 radical (unpaired) electrons. The SMILES string of the molecule is C=C(/C=C(C)\C=C(/C)c1cc(-c2ccccc2)cc(-c2ccccc2)c1)c1cc(-c2ccccc2)cc(-c2ccccc2)c1. The number of benzene rings is 6. The van der Waals surface area contributed by atoms with Crippen LogP contribution in [0.15, 0.2) is 182 Å². The highest BCUT2D eigenvalue weighted by atomic mass is 14.1. The highest BCUT2D eigenvalue weighted by molar-refractivity contribution is 5.84. The molecule has 0 saturated carbocycles. The Kier molecular flexibility index (Phi) is 8.62. The zero-order chi connectivity index (χ0) is 30.3. The van der Waals surface area contributed by atoms with Crippen LogP contribution < -0.4 is 0 Å². The molecule has 0 amide bonds. The van der Waals surface area contributed by atoms with Gasteiger partial charge in [0.25, 0.3) is 0 Å². The molecule has 0 aromatic heterocycles. The van der Waals surface area contributed by atoms with E-state index in [1.165, 1.54) is 55.6 Å². The van der Waals surface area contributed by atoms with Crippen molar-refractivity contribution in [3.05, 3.63) is 193 Å². The topological polar surface area (TPSA) is 0 Å². The summed E-state index contributed by atoms with van der Waals surface area (Å²) < 4.78 is 0. The summed E-state index contributed by atoms with van der Waals surface area (Å²) in [5.74, 6) is 0. The summed E-state index contributed by atoms with van der Waals surface area (Å²) in [6.07, 6.45) is 4.46. The fourth-order valence-corrected chi connectivity index (χ4v) is 5.68. The van der Waals surface area contributed by atoms with Crippen LogP contribution in [-0.2, 0) is 0 Å². The van der Waals surface area contributed by atoms with Gasteiger partial charge in [-0.25, -0.2) is 0 Å². The maximum Gasteiger partial charge on any atom is -0.0172 e. The molecular weight excluding hydrogens is 528 g/mol. The second-order valence-electron chi connectivity index (χ2n) is 11.3. The van der Waals surface area contributed by atoms with Crippen molar-refractivity contribution >= 4 is 11.1 Å². The minimum Gasteiger partial charge on any atom is -0.0911 e. The Morgan fingerprint density at radius 1 is 0.386 bits per heavy atom. The quantitative estimate of drug-likeness (QED) is 0.161. The smallest absolute Gasteiger partial charge is 0.0172 e. The molecule has 6 aromatic rings. The fraction of sp³-hybridized carbons (Fsp3) is 0.0455. The lowest BCUT2D eigenvalue weighted by Gasteiger charge is -2.13. The van der Waals surface area contributed by atoms with Crippen LogP contribution in [0.25, 0.3) is 55.7 Å². The first-order chi connectivity index (χ1) is 21.5. The Morgan fingerprint density at radius 2 is 0.705 bits per heavy atom. The zero-order valence-electron chi connectivity index (χ0n) is 25.4.